The van der Waals surface area contributed by atoms with Gasteiger partial charge in [-0.3, -0.25) is 0 Å². The minimum absolute atomic E-state index is 0.247. The molecule has 1 aromatic rings. The van der Waals surface area contributed by atoms with Crippen molar-refractivity contribution in [2.24, 2.45) is 0 Å². The Hall–Kier alpha value is -0.610. The van der Waals surface area contributed by atoms with Crippen molar-refractivity contribution in [3.8, 4) is 0 Å². The summed E-state index contributed by atoms with van der Waals surface area (Å²) in [5.74, 6) is -0.247. The number of anilines is 1. The molecule has 4 heteroatoms. The van der Waals surface area contributed by atoms with Gasteiger partial charge in [0.1, 0.15) is 5.82 Å². The first kappa shape index (κ1) is 10.5. The van der Waals surface area contributed by atoms with Crippen LogP contribution in [0.15, 0.2) is 22.7 Å². The van der Waals surface area contributed by atoms with E-state index in [4.69, 9.17) is 4.74 Å². The quantitative estimate of drug-likeness (QED) is 0.827. The van der Waals surface area contributed by atoms with Crippen molar-refractivity contribution in [2.45, 2.75) is 0 Å². The SMILES string of the molecule is COCCNc1cc(F)ccc1Br. The van der Waals surface area contributed by atoms with Crippen molar-refractivity contribution in [1.82, 2.24) is 0 Å². The van der Waals surface area contributed by atoms with Gasteiger partial charge in [-0.1, -0.05) is 0 Å². The summed E-state index contributed by atoms with van der Waals surface area (Å²) in [7, 11) is 1.63. The number of nitrogens with one attached hydrogen (secondary N) is 1. The number of halogens is 2. The first-order valence-electron chi connectivity index (χ1n) is 3.92. The van der Waals surface area contributed by atoms with E-state index in [2.05, 4.69) is 21.2 Å². The van der Waals surface area contributed by atoms with Crippen molar-refractivity contribution < 1.29 is 9.13 Å². The van der Waals surface area contributed by atoms with Crippen molar-refractivity contribution in [3.63, 3.8) is 0 Å². The third-order valence-corrected chi connectivity index (χ3v) is 2.24. The van der Waals surface area contributed by atoms with Gasteiger partial charge in [-0.25, -0.2) is 4.39 Å². The molecule has 0 bridgehead atoms. The van der Waals surface area contributed by atoms with Crippen molar-refractivity contribution in [1.29, 1.82) is 0 Å². The smallest absolute Gasteiger partial charge is 0.125 e. The third kappa shape index (κ3) is 3.32. The number of ether oxygens (including phenoxy) is 1. The lowest BCUT2D eigenvalue weighted by molar-refractivity contribution is 0.211. The molecule has 0 heterocycles. The summed E-state index contributed by atoms with van der Waals surface area (Å²) >= 11 is 3.31. The van der Waals surface area contributed by atoms with Gasteiger partial charge >= 0.3 is 0 Å². The highest BCUT2D eigenvalue weighted by Gasteiger charge is 1.99. The molecule has 0 fully saturated rings. The molecule has 1 aromatic carbocycles. The molecular formula is C9H11BrFNO. The van der Waals surface area contributed by atoms with E-state index >= 15 is 0 Å². The van der Waals surface area contributed by atoms with E-state index < -0.39 is 0 Å². The van der Waals surface area contributed by atoms with Crippen molar-refractivity contribution >= 4 is 21.6 Å². The van der Waals surface area contributed by atoms with Crippen LogP contribution in [-0.2, 0) is 4.74 Å². The lowest BCUT2D eigenvalue weighted by Crippen LogP contribution is -2.08. The molecule has 0 aliphatic rings. The second kappa shape index (κ2) is 5.19. The molecule has 1 rings (SSSR count). The number of methoxy groups -OCH3 is 1. The highest BCUT2D eigenvalue weighted by Crippen LogP contribution is 2.22. The van der Waals surface area contributed by atoms with Crippen LogP contribution in [0.1, 0.15) is 0 Å². The largest absolute Gasteiger partial charge is 0.383 e. The topological polar surface area (TPSA) is 21.3 Å². The normalized spacial score (nSPS) is 10.1. The van der Waals surface area contributed by atoms with Crippen molar-refractivity contribution in [2.75, 3.05) is 25.6 Å². The second-order valence-corrected chi connectivity index (χ2v) is 3.40. The minimum Gasteiger partial charge on any atom is -0.383 e. The van der Waals surface area contributed by atoms with Gasteiger partial charge in [0.05, 0.1) is 12.3 Å². The molecule has 0 atom stereocenters. The van der Waals surface area contributed by atoms with Gasteiger partial charge in [-0.2, -0.15) is 0 Å². The standard InChI is InChI=1S/C9H11BrFNO/c1-13-5-4-12-9-6-7(11)2-3-8(9)10/h2-3,6,12H,4-5H2,1H3. The fraction of sp³-hybridized carbons (Fsp3) is 0.333. The van der Waals surface area contributed by atoms with Crippen LogP contribution in [0.5, 0.6) is 0 Å². The molecule has 2 nitrogen and oxygen atoms in total. The van der Waals surface area contributed by atoms with Crippen LogP contribution >= 0.6 is 15.9 Å². The molecule has 0 aliphatic heterocycles. The van der Waals surface area contributed by atoms with E-state index in [0.717, 1.165) is 10.2 Å². The average molecular weight is 248 g/mol. The van der Waals surface area contributed by atoms with Gasteiger partial charge in [0.25, 0.3) is 0 Å². The van der Waals surface area contributed by atoms with Crippen LogP contribution in [0, 0.1) is 5.82 Å². The van der Waals surface area contributed by atoms with E-state index in [1.165, 1.54) is 12.1 Å². The Bertz CT molecular complexity index is 280. The number of hydrogen-bond acceptors (Lipinski definition) is 2. The molecule has 0 radical (unpaired) electrons. The van der Waals surface area contributed by atoms with Crippen LogP contribution in [0.25, 0.3) is 0 Å². The highest BCUT2D eigenvalue weighted by atomic mass is 79.9. The monoisotopic (exact) mass is 247 g/mol. The van der Waals surface area contributed by atoms with E-state index in [0.29, 0.717) is 13.2 Å². The molecular weight excluding hydrogens is 237 g/mol. The fourth-order valence-electron chi connectivity index (χ4n) is 0.921. The molecule has 0 aliphatic carbocycles. The molecule has 72 valence electrons. The Morgan fingerprint density at radius 3 is 3.00 bits per heavy atom. The van der Waals surface area contributed by atoms with Crippen LogP contribution in [0.3, 0.4) is 0 Å². The number of benzene rings is 1. The zero-order valence-electron chi connectivity index (χ0n) is 7.31. The zero-order chi connectivity index (χ0) is 9.68. The average Bonchev–Trinajstić information content (AvgIpc) is 2.11. The summed E-state index contributed by atoms with van der Waals surface area (Å²) in [6, 6.07) is 4.52. The maximum atomic E-state index is 12.8. The lowest BCUT2D eigenvalue weighted by Gasteiger charge is -2.07. The number of rotatable bonds is 4. The summed E-state index contributed by atoms with van der Waals surface area (Å²) in [5.41, 5.74) is 0.747. The molecule has 0 aromatic heterocycles. The Morgan fingerprint density at radius 2 is 2.31 bits per heavy atom. The van der Waals surface area contributed by atoms with E-state index in [1.54, 1.807) is 13.2 Å². The Labute approximate surface area is 85.2 Å². The molecule has 13 heavy (non-hydrogen) atoms. The van der Waals surface area contributed by atoms with Crippen LogP contribution in [-0.4, -0.2) is 20.3 Å². The van der Waals surface area contributed by atoms with Gasteiger partial charge in [0, 0.05) is 18.1 Å². The summed E-state index contributed by atoms with van der Waals surface area (Å²) in [6.45, 7) is 1.27. The Morgan fingerprint density at radius 1 is 1.54 bits per heavy atom. The summed E-state index contributed by atoms with van der Waals surface area (Å²) < 4.78 is 18.5. The maximum Gasteiger partial charge on any atom is 0.125 e. The van der Waals surface area contributed by atoms with Gasteiger partial charge in [-0.15, -0.1) is 0 Å². The number of hydrogen-bond donors (Lipinski definition) is 1. The molecule has 0 amide bonds. The third-order valence-electron chi connectivity index (χ3n) is 1.55. The zero-order valence-corrected chi connectivity index (χ0v) is 8.90. The Kier molecular flexibility index (Phi) is 4.18. The molecule has 0 saturated heterocycles. The first-order chi connectivity index (χ1) is 6.24. The molecule has 0 unspecified atom stereocenters. The maximum absolute atomic E-state index is 12.8. The van der Waals surface area contributed by atoms with Gasteiger partial charge < -0.3 is 10.1 Å². The van der Waals surface area contributed by atoms with Crippen LogP contribution < -0.4 is 5.32 Å². The van der Waals surface area contributed by atoms with Gasteiger partial charge in [0.2, 0.25) is 0 Å². The van der Waals surface area contributed by atoms with E-state index in [9.17, 15) is 4.39 Å². The van der Waals surface area contributed by atoms with Crippen molar-refractivity contribution in [3.05, 3.63) is 28.5 Å². The summed E-state index contributed by atoms with van der Waals surface area (Å²) in [5, 5.41) is 3.04. The van der Waals surface area contributed by atoms with E-state index in [1.807, 2.05) is 0 Å². The Balaban J connectivity index is 2.59. The van der Waals surface area contributed by atoms with Crippen LogP contribution in [0.2, 0.25) is 0 Å². The minimum atomic E-state index is -0.247. The molecule has 1 N–H and O–H groups in total. The molecule has 0 saturated carbocycles. The van der Waals surface area contributed by atoms with Gasteiger partial charge in [-0.05, 0) is 34.1 Å². The van der Waals surface area contributed by atoms with Crippen LogP contribution in [0.4, 0.5) is 10.1 Å². The summed E-state index contributed by atoms with van der Waals surface area (Å²) in [6.07, 6.45) is 0. The predicted octanol–water partition coefficient (Wildman–Crippen LogP) is 2.65. The fourth-order valence-corrected chi connectivity index (χ4v) is 1.31. The molecule has 0 spiro atoms. The highest BCUT2D eigenvalue weighted by molar-refractivity contribution is 9.10. The second-order valence-electron chi connectivity index (χ2n) is 2.54. The summed E-state index contributed by atoms with van der Waals surface area (Å²) in [4.78, 5) is 0. The van der Waals surface area contributed by atoms with E-state index in [-0.39, 0.29) is 5.82 Å². The first-order valence-corrected chi connectivity index (χ1v) is 4.71. The predicted molar refractivity (Wildman–Crippen MR) is 54.5 cm³/mol. The van der Waals surface area contributed by atoms with Gasteiger partial charge in [0.15, 0.2) is 0 Å². The lowest BCUT2D eigenvalue weighted by atomic mass is 10.3.